The standard InChI is InChI=1S/C49H96N4O4/c1-6-11-15-19-23-27-31-35-39-50(46-54)43-47(55)52(41-37-33-29-25-21-17-13-8-3)45-49(57)53(42-38-34-30-26-22-18-14-9-4)44-48(56)51(10-5)40-36-32-28-24-20-16-12-7-2/h46H,6-45H2,1-5H3. The molecule has 0 unspecified atom stereocenters. The Morgan fingerprint density at radius 1 is 0.316 bits per heavy atom. The first kappa shape index (κ1) is 54.9. The zero-order chi connectivity index (χ0) is 42.0. The van der Waals surface area contributed by atoms with Crippen molar-refractivity contribution < 1.29 is 19.2 Å². The average molecular weight is 805 g/mol. The van der Waals surface area contributed by atoms with Crippen LogP contribution in [0.2, 0.25) is 0 Å². The van der Waals surface area contributed by atoms with E-state index in [1.165, 1.54) is 135 Å². The molecule has 0 saturated heterocycles. The van der Waals surface area contributed by atoms with Gasteiger partial charge in [-0.05, 0) is 32.6 Å². The lowest BCUT2D eigenvalue weighted by atomic mass is 10.1. The molecule has 8 nitrogen and oxygen atoms in total. The number of hydrogen-bond acceptors (Lipinski definition) is 4. The van der Waals surface area contributed by atoms with Crippen LogP contribution in [0.4, 0.5) is 0 Å². The second-order valence-electron chi connectivity index (χ2n) is 17.1. The number of likely N-dealkylation sites (N-methyl/N-ethyl adjacent to an activating group) is 1. The number of rotatable bonds is 44. The molecule has 0 heterocycles. The lowest BCUT2D eigenvalue weighted by Crippen LogP contribution is -2.49. The van der Waals surface area contributed by atoms with Crippen molar-refractivity contribution in [1.82, 2.24) is 19.6 Å². The Morgan fingerprint density at radius 2 is 0.561 bits per heavy atom. The van der Waals surface area contributed by atoms with Crippen LogP contribution in [0, 0.1) is 0 Å². The highest BCUT2D eigenvalue weighted by Crippen LogP contribution is 2.14. The SMILES string of the molecule is CCCCCCCCCCN(C=O)CC(=O)N(CCCCCCCCCC)CC(=O)N(CCCCCCCCCC)CC(=O)N(CC)CCCCCCCCCC. The van der Waals surface area contributed by atoms with Crippen LogP contribution < -0.4 is 0 Å². The molecule has 0 aliphatic carbocycles. The number of carbonyl (C=O) groups excluding carboxylic acids is 4. The molecule has 0 aromatic carbocycles. The van der Waals surface area contributed by atoms with Gasteiger partial charge in [0.15, 0.2) is 0 Å². The summed E-state index contributed by atoms with van der Waals surface area (Å²) in [5.74, 6) is -0.309. The Morgan fingerprint density at radius 3 is 0.860 bits per heavy atom. The zero-order valence-electron chi connectivity index (χ0n) is 38.8. The van der Waals surface area contributed by atoms with E-state index in [4.69, 9.17) is 0 Å². The first-order valence-corrected chi connectivity index (χ1v) is 24.9. The minimum Gasteiger partial charge on any atom is -0.341 e. The molecule has 57 heavy (non-hydrogen) atoms. The van der Waals surface area contributed by atoms with E-state index in [-0.39, 0.29) is 37.4 Å². The van der Waals surface area contributed by atoms with Gasteiger partial charge in [-0.3, -0.25) is 19.2 Å². The highest BCUT2D eigenvalue weighted by atomic mass is 16.2. The summed E-state index contributed by atoms with van der Waals surface area (Å²) >= 11 is 0. The van der Waals surface area contributed by atoms with Crippen LogP contribution in [0.1, 0.15) is 240 Å². The Hall–Kier alpha value is -2.12. The van der Waals surface area contributed by atoms with Crippen molar-refractivity contribution in [3.05, 3.63) is 0 Å². The highest BCUT2D eigenvalue weighted by Gasteiger charge is 2.25. The van der Waals surface area contributed by atoms with Gasteiger partial charge in [-0.25, -0.2) is 0 Å². The number of hydrogen-bond donors (Lipinski definition) is 0. The molecule has 4 amide bonds. The van der Waals surface area contributed by atoms with E-state index in [0.29, 0.717) is 26.2 Å². The maximum Gasteiger partial charge on any atom is 0.242 e. The first-order chi connectivity index (χ1) is 27.9. The summed E-state index contributed by atoms with van der Waals surface area (Å²) < 4.78 is 0. The largest absolute Gasteiger partial charge is 0.341 e. The number of carbonyl (C=O) groups is 4. The summed E-state index contributed by atoms with van der Waals surface area (Å²) in [6, 6.07) is 0. The quantitative estimate of drug-likeness (QED) is 0.0454. The third-order valence-corrected chi connectivity index (χ3v) is 11.7. The predicted octanol–water partition coefficient (Wildman–Crippen LogP) is 12.5. The third-order valence-electron chi connectivity index (χ3n) is 11.7. The van der Waals surface area contributed by atoms with E-state index in [1.54, 1.807) is 14.7 Å². The molecule has 0 N–H and O–H groups in total. The molecule has 0 fully saturated rings. The minimum atomic E-state index is -0.166. The van der Waals surface area contributed by atoms with Crippen molar-refractivity contribution in [2.75, 3.05) is 52.4 Å². The molecular formula is C49H96N4O4. The van der Waals surface area contributed by atoms with Crippen LogP contribution in [0.25, 0.3) is 0 Å². The van der Waals surface area contributed by atoms with Gasteiger partial charge in [0.1, 0.15) is 0 Å². The predicted molar refractivity (Wildman–Crippen MR) is 243 cm³/mol. The molecule has 0 aromatic rings. The second kappa shape index (κ2) is 42.0. The number of nitrogens with zero attached hydrogens (tertiary/aromatic N) is 4. The highest BCUT2D eigenvalue weighted by molar-refractivity contribution is 5.89. The van der Waals surface area contributed by atoms with Crippen molar-refractivity contribution in [2.45, 2.75) is 240 Å². The zero-order valence-corrected chi connectivity index (χ0v) is 38.8. The van der Waals surface area contributed by atoms with Crippen LogP contribution >= 0.6 is 0 Å². The van der Waals surface area contributed by atoms with E-state index in [0.717, 1.165) is 83.6 Å². The molecule has 0 saturated carbocycles. The molecule has 0 atom stereocenters. The normalized spacial score (nSPS) is 11.2. The maximum atomic E-state index is 14.2. The fourth-order valence-electron chi connectivity index (χ4n) is 7.77. The molecule has 0 aromatic heterocycles. The molecule has 0 aliphatic heterocycles. The monoisotopic (exact) mass is 805 g/mol. The Balaban J connectivity index is 5.58. The van der Waals surface area contributed by atoms with Crippen LogP contribution in [0.15, 0.2) is 0 Å². The fourth-order valence-corrected chi connectivity index (χ4v) is 7.77. The van der Waals surface area contributed by atoms with Gasteiger partial charge in [0.2, 0.25) is 24.1 Å². The lowest BCUT2D eigenvalue weighted by molar-refractivity contribution is -0.145. The molecule has 0 rings (SSSR count). The molecule has 0 aliphatic rings. The third kappa shape index (κ3) is 33.4. The summed E-state index contributed by atoms with van der Waals surface area (Å²) in [5.41, 5.74) is 0. The average Bonchev–Trinajstić information content (AvgIpc) is 3.21. The van der Waals surface area contributed by atoms with Crippen molar-refractivity contribution in [3.8, 4) is 0 Å². The molecular weight excluding hydrogens is 709 g/mol. The Bertz CT molecular complexity index is 931. The van der Waals surface area contributed by atoms with E-state index in [9.17, 15) is 19.2 Å². The van der Waals surface area contributed by atoms with Gasteiger partial charge < -0.3 is 19.6 Å². The minimum absolute atomic E-state index is 0.00345. The molecule has 0 bridgehead atoms. The van der Waals surface area contributed by atoms with Crippen LogP contribution in [-0.4, -0.2) is 96.1 Å². The van der Waals surface area contributed by atoms with Gasteiger partial charge in [0, 0.05) is 32.7 Å². The van der Waals surface area contributed by atoms with Gasteiger partial charge in [-0.2, -0.15) is 0 Å². The first-order valence-electron chi connectivity index (χ1n) is 24.9. The fraction of sp³-hybridized carbons (Fsp3) is 0.918. The summed E-state index contributed by atoms with van der Waals surface area (Å²) in [6.45, 7) is 14.0. The van der Waals surface area contributed by atoms with E-state index < -0.39 is 0 Å². The summed E-state index contributed by atoms with van der Waals surface area (Å²) in [7, 11) is 0. The maximum absolute atomic E-state index is 14.2. The van der Waals surface area contributed by atoms with E-state index in [2.05, 4.69) is 27.7 Å². The van der Waals surface area contributed by atoms with Gasteiger partial charge in [0.25, 0.3) is 0 Å². The van der Waals surface area contributed by atoms with Gasteiger partial charge in [-0.15, -0.1) is 0 Å². The van der Waals surface area contributed by atoms with Crippen LogP contribution in [0.3, 0.4) is 0 Å². The molecule has 0 spiro atoms. The summed E-state index contributed by atoms with van der Waals surface area (Å²) in [6.07, 6.45) is 38.5. The van der Waals surface area contributed by atoms with Gasteiger partial charge in [-0.1, -0.05) is 207 Å². The van der Waals surface area contributed by atoms with Gasteiger partial charge >= 0.3 is 0 Å². The van der Waals surface area contributed by atoms with Gasteiger partial charge in [0.05, 0.1) is 19.6 Å². The van der Waals surface area contributed by atoms with E-state index >= 15 is 0 Å². The number of amides is 4. The van der Waals surface area contributed by atoms with Crippen LogP contribution in [-0.2, 0) is 19.2 Å². The lowest BCUT2D eigenvalue weighted by Gasteiger charge is -2.30. The van der Waals surface area contributed by atoms with Crippen molar-refractivity contribution in [3.63, 3.8) is 0 Å². The van der Waals surface area contributed by atoms with E-state index in [1.807, 2.05) is 11.8 Å². The Kier molecular flexibility index (Phi) is 40.5. The van der Waals surface area contributed by atoms with Crippen molar-refractivity contribution in [2.24, 2.45) is 0 Å². The summed E-state index contributed by atoms with van der Waals surface area (Å²) in [5, 5.41) is 0. The Labute approximate surface area is 354 Å². The van der Waals surface area contributed by atoms with Crippen molar-refractivity contribution in [1.29, 1.82) is 0 Å². The van der Waals surface area contributed by atoms with Crippen LogP contribution in [0.5, 0.6) is 0 Å². The molecule has 336 valence electrons. The van der Waals surface area contributed by atoms with Crippen molar-refractivity contribution >= 4 is 24.1 Å². The number of unbranched alkanes of at least 4 members (excludes halogenated alkanes) is 28. The smallest absolute Gasteiger partial charge is 0.242 e. The summed E-state index contributed by atoms with van der Waals surface area (Å²) in [4.78, 5) is 60.8. The molecule has 0 radical (unpaired) electrons. The second-order valence-corrected chi connectivity index (χ2v) is 17.1. The topological polar surface area (TPSA) is 81.2 Å². The molecule has 8 heteroatoms.